The van der Waals surface area contributed by atoms with E-state index < -0.39 is 29.2 Å². The molecule has 3 N–H and O–H groups in total. The van der Waals surface area contributed by atoms with Crippen LogP contribution < -0.4 is 11.2 Å². The topological polar surface area (TPSA) is 95.3 Å². The molecular formula is C10H13FN2O4. The van der Waals surface area contributed by atoms with Crippen molar-refractivity contribution in [3.8, 4) is 0 Å². The largest absolute Gasteiger partial charge is 0.396 e. The fourth-order valence-electron chi connectivity index (χ4n) is 2.23. The molecule has 0 bridgehead atoms. The molecule has 0 unspecified atom stereocenters. The summed E-state index contributed by atoms with van der Waals surface area (Å²) in [7, 11) is 0. The van der Waals surface area contributed by atoms with Gasteiger partial charge >= 0.3 is 5.69 Å². The average molecular weight is 244 g/mol. The van der Waals surface area contributed by atoms with Gasteiger partial charge in [-0.1, -0.05) is 0 Å². The standard InChI is InChI=1S/C10H13FN2O4/c11-7-3-13(10(17)12-9(7)16)6-1-5(4-14)8(15)2-6/h3,5-6,8,14-15H,1-2,4H2,(H,12,16,17)/t5-,6-,8+/m1/s1. The molecule has 94 valence electrons. The lowest BCUT2D eigenvalue weighted by Crippen LogP contribution is -2.33. The van der Waals surface area contributed by atoms with Crippen LogP contribution in [-0.4, -0.2) is 32.5 Å². The fraction of sp³-hybridized carbons (Fsp3) is 0.600. The average Bonchev–Trinajstić information content (AvgIpc) is 2.65. The van der Waals surface area contributed by atoms with E-state index in [1.54, 1.807) is 0 Å². The monoisotopic (exact) mass is 244 g/mol. The van der Waals surface area contributed by atoms with Crippen molar-refractivity contribution in [2.24, 2.45) is 5.92 Å². The zero-order valence-electron chi connectivity index (χ0n) is 8.97. The van der Waals surface area contributed by atoms with Gasteiger partial charge in [-0.3, -0.25) is 14.3 Å². The molecule has 1 aliphatic carbocycles. The van der Waals surface area contributed by atoms with Gasteiger partial charge in [-0.05, 0) is 12.8 Å². The van der Waals surface area contributed by atoms with Crippen LogP contribution >= 0.6 is 0 Å². The molecule has 1 aromatic rings. The highest BCUT2D eigenvalue weighted by molar-refractivity contribution is 4.94. The molecule has 0 spiro atoms. The second-order valence-corrected chi connectivity index (χ2v) is 4.28. The first-order valence-electron chi connectivity index (χ1n) is 5.32. The van der Waals surface area contributed by atoms with Gasteiger partial charge in [0.2, 0.25) is 5.82 Å². The number of aromatic nitrogens is 2. The summed E-state index contributed by atoms with van der Waals surface area (Å²) in [6, 6.07) is -0.402. The summed E-state index contributed by atoms with van der Waals surface area (Å²) in [6.45, 7) is -0.182. The Kier molecular flexibility index (Phi) is 3.12. The molecule has 6 nitrogen and oxygen atoms in total. The maximum atomic E-state index is 13.1. The van der Waals surface area contributed by atoms with Gasteiger partial charge in [0.05, 0.1) is 12.3 Å². The van der Waals surface area contributed by atoms with Gasteiger partial charge < -0.3 is 10.2 Å². The smallest absolute Gasteiger partial charge is 0.328 e. The normalized spacial score (nSPS) is 28.5. The van der Waals surface area contributed by atoms with E-state index >= 15 is 0 Å². The lowest BCUT2D eigenvalue weighted by molar-refractivity contribution is 0.0906. The molecule has 0 aliphatic heterocycles. The fourth-order valence-corrected chi connectivity index (χ4v) is 2.23. The minimum Gasteiger partial charge on any atom is -0.396 e. The molecule has 1 aromatic heterocycles. The first kappa shape index (κ1) is 12.0. The summed E-state index contributed by atoms with van der Waals surface area (Å²) >= 11 is 0. The lowest BCUT2D eigenvalue weighted by atomic mass is 10.1. The van der Waals surface area contributed by atoms with E-state index in [1.807, 2.05) is 4.98 Å². The van der Waals surface area contributed by atoms with E-state index in [4.69, 9.17) is 5.11 Å². The second-order valence-electron chi connectivity index (χ2n) is 4.28. The van der Waals surface area contributed by atoms with Crippen LogP contribution in [0.1, 0.15) is 18.9 Å². The number of nitrogens with zero attached hydrogens (tertiary/aromatic N) is 1. The quantitative estimate of drug-likeness (QED) is 0.620. The Morgan fingerprint density at radius 1 is 1.47 bits per heavy atom. The number of aliphatic hydroxyl groups is 2. The number of hydrogen-bond donors (Lipinski definition) is 3. The SMILES string of the molecule is O=c1[nH]c(=O)n([C@@H]2C[C@H](CO)[C@@H](O)C2)cc1F. The number of hydrogen-bond acceptors (Lipinski definition) is 4. The van der Waals surface area contributed by atoms with Crippen molar-refractivity contribution in [1.82, 2.24) is 9.55 Å². The predicted octanol–water partition coefficient (Wildman–Crippen LogP) is -1.02. The van der Waals surface area contributed by atoms with Crippen LogP contribution in [0.15, 0.2) is 15.8 Å². The Morgan fingerprint density at radius 2 is 2.18 bits per heavy atom. The van der Waals surface area contributed by atoms with Gasteiger partial charge in [0.1, 0.15) is 0 Å². The zero-order valence-corrected chi connectivity index (χ0v) is 8.97. The first-order valence-corrected chi connectivity index (χ1v) is 5.32. The molecule has 1 aliphatic rings. The number of nitrogens with one attached hydrogen (secondary N) is 1. The van der Waals surface area contributed by atoms with Gasteiger partial charge in [0, 0.05) is 18.6 Å². The maximum absolute atomic E-state index is 13.1. The Bertz CT molecular complexity index is 524. The van der Waals surface area contributed by atoms with Gasteiger partial charge in [-0.25, -0.2) is 4.79 Å². The molecule has 7 heteroatoms. The lowest BCUT2D eigenvalue weighted by Gasteiger charge is -2.12. The third-order valence-electron chi connectivity index (χ3n) is 3.18. The predicted molar refractivity (Wildman–Crippen MR) is 56.1 cm³/mol. The number of rotatable bonds is 2. The van der Waals surface area contributed by atoms with Crippen molar-refractivity contribution < 1.29 is 14.6 Å². The summed E-state index contributed by atoms with van der Waals surface area (Å²) in [6.07, 6.45) is 0.768. The van der Waals surface area contributed by atoms with Gasteiger partial charge in [0.25, 0.3) is 5.56 Å². The molecule has 2 rings (SSSR count). The summed E-state index contributed by atoms with van der Waals surface area (Å²) in [5.41, 5.74) is -1.75. The molecule has 1 saturated carbocycles. The molecular weight excluding hydrogens is 231 g/mol. The summed E-state index contributed by atoms with van der Waals surface area (Å²) in [5, 5.41) is 18.6. The Labute approximate surface area is 95.3 Å². The molecule has 0 amide bonds. The van der Waals surface area contributed by atoms with Crippen LogP contribution in [0.4, 0.5) is 4.39 Å². The summed E-state index contributed by atoms with van der Waals surface area (Å²) in [4.78, 5) is 24.2. The minimum absolute atomic E-state index is 0.182. The van der Waals surface area contributed by atoms with Gasteiger partial charge in [0.15, 0.2) is 0 Å². The van der Waals surface area contributed by atoms with Crippen LogP contribution in [0.2, 0.25) is 0 Å². The van der Waals surface area contributed by atoms with Crippen molar-refractivity contribution in [2.45, 2.75) is 25.0 Å². The van der Waals surface area contributed by atoms with E-state index in [-0.39, 0.29) is 18.9 Å². The van der Waals surface area contributed by atoms with E-state index in [0.717, 1.165) is 10.8 Å². The van der Waals surface area contributed by atoms with E-state index in [1.165, 1.54) is 0 Å². The van der Waals surface area contributed by atoms with Crippen molar-refractivity contribution in [3.05, 3.63) is 32.9 Å². The van der Waals surface area contributed by atoms with Crippen molar-refractivity contribution in [1.29, 1.82) is 0 Å². The highest BCUT2D eigenvalue weighted by Gasteiger charge is 2.34. The number of aromatic amines is 1. The summed E-state index contributed by atoms with van der Waals surface area (Å²) < 4.78 is 14.1. The summed E-state index contributed by atoms with van der Waals surface area (Å²) in [5.74, 6) is -1.35. The third-order valence-corrected chi connectivity index (χ3v) is 3.18. The minimum atomic E-state index is -1.05. The molecule has 3 atom stereocenters. The van der Waals surface area contributed by atoms with Crippen LogP contribution in [-0.2, 0) is 0 Å². The molecule has 0 aromatic carbocycles. The number of halogens is 1. The van der Waals surface area contributed by atoms with E-state index in [9.17, 15) is 19.1 Å². The Hall–Kier alpha value is -1.47. The molecule has 17 heavy (non-hydrogen) atoms. The maximum Gasteiger partial charge on any atom is 0.328 e. The highest BCUT2D eigenvalue weighted by Crippen LogP contribution is 2.33. The van der Waals surface area contributed by atoms with Crippen LogP contribution in [0.25, 0.3) is 0 Å². The van der Waals surface area contributed by atoms with Crippen molar-refractivity contribution in [2.75, 3.05) is 6.61 Å². The molecule has 1 heterocycles. The van der Waals surface area contributed by atoms with Crippen molar-refractivity contribution >= 4 is 0 Å². The Balaban J connectivity index is 2.34. The van der Waals surface area contributed by atoms with Gasteiger partial charge in [-0.2, -0.15) is 4.39 Å². The zero-order chi connectivity index (χ0) is 12.6. The van der Waals surface area contributed by atoms with Crippen LogP contribution in [0.3, 0.4) is 0 Å². The Morgan fingerprint density at radius 3 is 2.76 bits per heavy atom. The van der Waals surface area contributed by atoms with E-state index in [2.05, 4.69) is 0 Å². The highest BCUT2D eigenvalue weighted by atomic mass is 19.1. The van der Waals surface area contributed by atoms with E-state index in [0.29, 0.717) is 6.42 Å². The third kappa shape index (κ3) is 2.16. The first-order chi connectivity index (χ1) is 8.02. The van der Waals surface area contributed by atoms with Crippen molar-refractivity contribution in [3.63, 3.8) is 0 Å². The molecule has 0 radical (unpaired) electrons. The van der Waals surface area contributed by atoms with Crippen LogP contribution in [0.5, 0.6) is 0 Å². The second kappa shape index (κ2) is 4.42. The molecule has 0 saturated heterocycles. The number of aliphatic hydroxyl groups excluding tert-OH is 2. The van der Waals surface area contributed by atoms with Gasteiger partial charge in [-0.15, -0.1) is 0 Å². The molecule has 1 fully saturated rings. The number of H-pyrrole nitrogens is 1. The van der Waals surface area contributed by atoms with Crippen LogP contribution in [0, 0.1) is 11.7 Å².